The van der Waals surface area contributed by atoms with Crippen LogP contribution in [0.1, 0.15) is 16.7 Å². The first-order valence-corrected chi connectivity index (χ1v) is 8.22. The Bertz CT molecular complexity index is 850. The molecule has 0 aromatic heterocycles. The summed E-state index contributed by atoms with van der Waals surface area (Å²) in [6.45, 7) is 5.88. The zero-order valence-corrected chi connectivity index (χ0v) is 15.4. The van der Waals surface area contributed by atoms with Gasteiger partial charge in [-0.2, -0.15) is 5.26 Å². The van der Waals surface area contributed by atoms with Crippen LogP contribution in [0.25, 0.3) is 0 Å². The maximum Gasteiger partial charge on any atom is 0.267 e. The summed E-state index contributed by atoms with van der Waals surface area (Å²) in [4.78, 5) is 12.3. The van der Waals surface area contributed by atoms with Crippen molar-refractivity contribution in [2.24, 2.45) is 0 Å². The molecule has 0 aliphatic carbocycles. The van der Waals surface area contributed by atoms with Crippen LogP contribution in [0.15, 0.2) is 52.6 Å². The minimum absolute atomic E-state index is 0.0106. The molecule has 1 amide bonds. The van der Waals surface area contributed by atoms with Gasteiger partial charge in [0.05, 0.1) is 0 Å². The molecule has 2 N–H and O–H groups in total. The average molecular weight is 384 g/mol. The summed E-state index contributed by atoms with van der Waals surface area (Å²) in [5.74, 6) is -0.437. The summed E-state index contributed by atoms with van der Waals surface area (Å²) in [6, 6.07) is 13.3. The Morgan fingerprint density at radius 3 is 2.58 bits per heavy atom. The quantitative estimate of drug-likeness (QED) is 0.586. The topological polar surface area (TPSA) is 64.9 Å². The van der Waals surface area contributed by atoms with E-state index >= 15 is 0 Å². The van der Waals surface area contributed by atoms with Gasteiger partial charge in [-0.25, -0.2) is 0 Å². The number of rotatable bonds is 4. The zero-order valence-electron chi connectivity index (χ0n) is 13.8. The van der Waals surface area contributed by atoms with E-state index in [1.807, 2.05) is 63.2 Å². The maximum atomic E-state index is 12.3. The Balaban J connectivity index is 2.15. The average Bonchev–Trinajstić information content (AvgIpc) is 2.55. The van der Waals surface area contributed by atoms with E-state index in [1.54, 1.807) is 0 Å². The number of carbonyl (C=O) groups is 1. The molecule has 0 saturated carbocycles. The number of benzene rings is 2. The fraction of sp³-hybridized carbons (Fsp3) is 0.158. The van der Waals surface area contributed by atoms with Crippen molar-refractivity contribution in [1.29, 1.82) is 5.26 Å². The molecule has 0 aliphatic heterocycles. The van der Waals surface area contributed by atoms with Crippen LogP contribution in [0.2, 0.25) is 0 Å². The molecule has 24 heavy (non-hydrogen) atoms. The van der Waals surface area contributed by atoms with E-state index in [-0.39, 0.29) is 5.57 Å². The molecule has 4 nitrogen and oxygen atoms in total. The Morgan fingerprint density at radius 2 is 1.92 bits per heavy atom. The van der Waals surface area contributed by atoms with Gasteiger partial charge in [-0.15, -0.1) is 0 Å². The van der Waals surface area contributed by atoms with Crippen LogP contribution in [0, 0.1) is 32.1 Å². The van der Waals surface area contributed by atoms with Gasteiger partial charge in [-0.3, -0.25) is 4.79 Å². The molecule has 122 valence electrons. The van der Waals surface area contributed by atoms with Gasteiger partial charge in [0.1, 0.15) is 11.6 Å². The Labute approximate surface area is 150 Å². The number of anilines is 2. The van der Waals surface area contributed by atoms with Crippen molar-refractivity contribution in [2.75, 3.05) is 10.6 Å². The first-order valence-electron chi connectivity index (χ1n) is 7.43. The molecular formula is C19H18BrN3O. The second-order valence-corrected chi connectivity index (χ2v) is 6.33. The van der Waals surface area contributed by atoms with Crippen molar-refractivity contribution < 1.29 is 4.79 Å². The molecule has 0 radical (unpaired) electrons. The Morgan fingerprint density at radius 1 is 1.17 bits per heavy atom. The highest BCUT2D eigenvalue weighted by atomic mass is 79.9. The highest BCUT2D eigenvalue weighted by Crippen LogP contribution is 2.21. The molecule has 2 rings (SSSR count). The SMILES string of the molecule is Cc1cc(N/C=C(/C#N)C(=O)Nc2cccc(C)c2C)ccc1Br. The lowest BCUT2D eigenvalue weighted by atomic mass is 10.1. The highest BCUT2D eigenvalue weighted by molar-refractivity contribution is 9.10. The predicted octanol–water partition coefficient (Wildman–Crippen LogP) is 4.83. The summed E-state index contributed by atoms with van der Waals surface area (Å²) in [6.07, 6.45) is 1.42. The molecule has 2 aromatic carbocycles. The summed E-state index contributed by atoms with van der Waals surface area (Å²) in [7, 11) is 0. The largest absolute Gasteiger partial charge is 0.360 e. The third-order valence-electron chi connectivity index (χ3n) is 3.76. The van der Waals surface area contributed by atoms with E-state index in [0.29, 0.717) is 5.69 Å². The summed E-state index contributed by atoms with van der Waals surface area (Å²) in [5.41, 5.74) is 4.66. The minimum atomic E-state index is -0.437. The van der Waals surface area contributed by atoms with Crippen molar-refractivity contribution >= 4 is 33.2 Å². The zero-order chi connectivity index (χ0) is 17.7. The fourth-order valence-corrected chi connectivity index (χ4v) is 2.36. The van der Waals surface area contributed by atoms with E-state index in [9.17, 15) is 10.1 Å². The molecule has 0 fully saturated rings. The summed E-state index contributed by atoms with van der Waals surface area (Å²) < 4.78 is 1.00. The van der Waals surface area contributed by atoms with Crippen LogP contribution in [0.3, 0.4) is 0 Å². The van der Waals surface area contributed by atoms with Gasteiger partial charge >= 0.3 is 0 Å². The van der Waals surface area contributed by atoms with Crippen molar-refractivity contribution in [3.63, 3.8) is 0 Å². The fourth-order valence-electron chi connectivity index (χ4n) is 2.11. The van der Waals surface area contributed by atoms with Gasteiger partial charge in [0.2, 0.25) is 0 Å². The van der Waals surface area contributed by atoms with Gasteiger partial charge in [-0.05, 0) is 61.7 Å². The van der Waals surface area contributed by atoms with Crippen molar-refractivity contribution in [3.8, 4) is 6.07 Å². The lowest BCUT2D eigenvalue weighted by Crippen LogP contribution is -2.15. The monoisotopic (exact) mass is 383 g/mol. The minimum Gasteiger partial charge on any atom is -0.360 e. The molecular weight excluding hydrogens is 366 g/mol. The molecule has 5 heteroatoms. The van der Waals surface area contributed by atoms with E-state index < -0.39 is 5.91 Å². The number of nitrogens with zero attached hydrogens (tertiary/aromatic N) is 1. The number of nitriles is 1. The lowest BCUT2D eigenvalue weighted by molar-refractivity contribution is -0.112. The number of aryl methyl sites for hydroxylation is 2. The third kappa shape index (κ3) is 4.24. The van der Waals surface area contributed by atoms with Gasteiger partial charge in [0, 0.05) is 22.0 Å². The molecule has 0 saturated heterocycles. The van der Waals surface area contributed by atoms with Gasteiger partial charge in [-0.1, -0.05) is 28.1 Å². The van der Waals surface area contributed by atoms with Crippen molar-refractivity contribution in [1.82, 2.24) is 0 Å². The standard InChI is InChI=1S/C19H18BrN3O/c1-12-5-4-6-18(14(12)3)23-19(24)15(10-21)11-22-16-7-8-17(20)13(2)9-16/h4-9,11,22H,1-3H3,(H,23,24)/b15-11-. The van der Waals surface area contributed by atoms with E-state index in [0.717, 1.165) is 26.9 Å². The highest BCUT2D eigenvalue weighted by Gasteiger charge is 2.11. The number of carbonyl (C=O) groups excluding carboxylic acids is 1. The first kappa shape index (κ1) is 17.8. The lowest BCUT2D eigenvalue weighted by Gasteiger charge is -2.10. The first-order chi connectivity index (χ1) is 11.4. The molecule has 2 aromatic rings. The number of nitrogens with one attached hydrogen (secondary N) is 2. The molecule has 0 atom stereocenters. The van der Waals surface area contributed by atoms with E-state index in [1.165, 1.54) is 6.20 Å². The van der Waals surface area contributed by atoms with Gasteiger partial charge in [0.15, 0.2) is 0 Å². The molecule has 0 aliphatic rings. The molecule has 0 spiro atoms. The van der Waals surface area contributed by atoms with Gasteiger partial charge < -0.3 is 10.6 Å². The number of hydrogen-bond acceptors (Lipinski definition) is 3. The van der Waals surface area contributed by atoms with E-state index in [4.69, 9.17) is 0 Å². The van der Waals surface area contributed by atoms with Crippen LogP contribution < -0.4 is 10.6 Å². The predicted molar refractivity (Wildman–Crippen MR) is 101 cm³/mol. The third-order valence-corrected chi connectivity index (χ3v) is 4.65. The second-order valence-electron chi connectivity index (χ2n) is 5.48. The molecule has 0 bridgehead atoms. The number of hydrogen-bond donors (Lipinski definition) is 2. The van der Waals surface area contributed by atoms with E-state index in [2.05, 4.69) is 26.6 Å². The van der Waals surface area contributed by atoms with Crippen LogP contribution in [0.5, 0.6) is 0 Å². The van der Waals surface area contributed by atoms with Crippen LogP contribution in [-0.2, 0) is 4.79 Å². The number of halogens is 1. The Hall–Kier alpha value is -2.58. The summed E-state index contributed by atoms with van der Waals surface area (Å²) >= 11 is 3.44. The maximum absolute atomic E-state index is 12.3. The smallest absolute Gasteiger partial charge is 0.267 e. The van der Waals surface area contributed by atoms with Crippen LogP contribution in [0.4, 0.5) is 11.4 Å². The molecule has 0 heterocycles. The van der Waals surface area contributed by atoms with Crippen LogP contribution >= 0.6 is 15.9 Å². The molecule has 0 unspecified atom stereocenters. The van der Waals surface area contributed by atoms with Crippen molar-refractivity contribution in [3.05, 3.63) is 69.3 Å². The normalized spacial score (nSPS) is 10.9. The van der Waals surface area contributed by atoms with Crippen molar-refractivity contribution in [2.45, 2.75) is 20.8 Å². The van der Waals surface area contributed by atoms with Crippen LogP contribution in [-0.4, -0.2) is 5.91 Å². The Kier molecular flexibility index (Phi) is 5.78. The number of amides is 1. The second kappa shape index (κ2) is 7.80. The summed E-state index contributed by atoms with van der Waals surface area (Å²) in [5, 5.41) is 15.0. The van der Waals surface area contributed by atoms with Gasteiger partial charge in [0.25, 0.3) is 5.91 Å².